The molecule has 1 aliphatic heterocycles. The Bertz CT molecular complexity index is 707. The SMILES string of the molecule is C=CCOc1cccc(NC(=O)NC[C@H]2CN(S(C)(=O)=O)CCO2)c1. The summed E-state index contributed by atoms with van der Waals surface area (Å²) < 4.78 is 35.4. The molecule has 0 unspecified atom stereocenters. The number of urea groups is 1. The number of benzene rings is 1. The van der Waals surface area contributed by atoms with Crippen LogP contribution in [0.1, 0.15) is 0 Å². The summed E-state index contributed by atoms with van der Waals surface area (Å²) in [6.45, 7) is 5.04. The van der Waals surface area contributed by atoms with Crippen molar-refractivity contribution in [3.63, 3.8) is 0 Å². The molecule has 9 heteroatoms. The van der Waals surface area contributed by atoms with Gasteiger partial charge in [0.25, 0.3) is 0 Å². The first kappa shape index (κ1) is 19.2. The molecule has 0 bridgehead atoms. The van der Waals surface area contributed by atoms with Crippen molar-refractivity contribution in [3.8, 4) is 5.75 Å². The number of rotatable bonds is 7. The van der Waals surface area contributed by atoms with Crippen LogP contribution in [0.15, 0.2) is 36.9 Å². The van der Waals surface area contributed by atoms with Crippen molar-refractivity contribution in [1.29, 1.82) is 0 Å². The fourth-order valence-corrected chi connectivity index (χ4v) is 3.16. The molecule has 138 valence electrons. The van der Waals surface area contributed by atoms with E-state index in [1.807, 2.05) is 0 Å². The van der Waals surface area contributed by atoms with Crippen LogP contribution in [0, 0.1) is 0 Å². The molecule has 2 rings (SSSR count). The van der Waals surface area contributed by atoms with Gasteiger partial charge >= 0.3 is 6.03 Å². The Morgan fingerprint density at radius 2 is 2.32 bits per heavy atom. The van der Waals surface area contributed by atoms with Crippen LogP contribution in [0.3, 0.4) is 0 Å². The van der Waals surface area contributed by atoms with Crippen LogP contribution >= 0.6 is 0 Å². The van der Waals surface area contributed by atoms with Gasteiger partial charge in [-0.15, -0.1) is 0 Å². The molecule has 0 saturated carbocycles. The molecule has 0 aromatic heterocycles. The van der Waals surface area contributed by atoms with Crippen LogP contribution in [0.2, 0.25) is 0 Å². The molecule has 1 heterocycles. The lowest BCUT2D eigenvalue weighted by atomic mass is 10.3. The molecule has 8 nitrogen and oxygen atoms in total. The smallest absolute Gasteiger partial charge is 0.319 e. The Labute approximate surface area is 147 Å². The summed E-state index contributed by atoms with van der Waals surface area (Å²) in [5.74, 6) is 0.622. The van der Waals surface area contributed by atoms with Crippen LogP contribution in [-0.2, 0) is 14.8 Å². The molecule has 25 heavy (non-hydrogen) atoms. The van der Waals surface area contributed by atoms with Gasteiger partial charge < -0.3 is 20.1 Å². The van der Waals surface area contributed by atoms with Crippen LogP contribution in [0.4, 0.5) is 10.5 Å². The number of morpholine rings is 1. The minimum Gasteiger partial charge on any atom is -0.489 e. The molecule has 2 N–H and O–H groups in total. The lowest BCUT2D eigenvalue weighted by Gasteiger charge is -2.31. The molecular formula is C16H23N3O5S. The summed E-state index contributed by atoms with van der Waals surface area (Å²) in [6.07, 6.45) is 2.42. The van der Waals surface area contributed by atoms with Crippen LogP contribution in [0.25, 0.3) is 0 Å². The van der Waals surface area contributed by atoms with Crippen molar-refractivity contribution in [1.82, 2.24) is 9.62 Å². The van der Waals surface area contributed by atoms with E-state index >= 15 is 0 Å². The topological polar surface area (TPSA) is 97.0 Å². The lowest BCUT2D eigenvalue weighted by molar-refractivity contribution is 0.00167. The zero-order valence-electron chi connectivity index (χ0n) is 14.1. The average molecular weight is 369 g/mol. The Balaban J connectivity index is 1.81. The second kappa shape index (κ2) is 8.84. The minimum atomic E-state index is -3.25. The van der Waals surface area contributed by atoms with E-state index in [-0.39, 0.29) is 19.2 Å². The summed E-state index contributed by atoms with van der Waals surface area (Å²) in [5.41, 5.74) is 0.585. The van der Waals surface area contributed by atoms with E-state index in [9.17, 15) is 13.2 Å². The Morgan fingerprint density at radius 1 is 1.52 bits per heavy atom. The quantitative estimate of drug-likeness (QED) is 0.700. The fourth-order valence-electron chi connectivity index (χ4n) is 2.32. The van der Waals surface area contributed by atoms with Gasteiger partial charge in [0.15, 0.2) is 0 Å². The number of anilines is 1. The second-order valence-electron chi connectivity index (χ2n) is 5.58. The third kappa shape index (κ3) is 6.37. The maximum atomic E-state index is 12.0. The number of amides is 2. The van der Waals surface area contributed by atoms with Gasteiger partial charge in [-0.25, -0.2) is 13.2 Å². The lowest BCUT2D eigenvalue weighted by Crippen LogP contribution is -2.49. The molecule has 2 amide bonds. The number of nitrogens with one attached hydrogen (secondary N) is 2. The zero-order valence-corrected chi connectivity index (χ0v) is 14.9. The molecular weight excluding hydrogens is 346 g/mol. The van der Waals surface area contributed by atoms with Crippen LogP contribution < -0.4 is 15.4 Å². The monoisotopic (exact) mass is 369 g/mol. The van der Waals surface area contributed by atoms with E-state index < -0.39 is 16.1 Å². The molecule has 1 saturated heterocycles. The van der Waals surface area contributed by atoms with Crippen molar-refractivity contribution >= 4 is 21.7 Å². The van der Waals surface area contributed by atoms with Gasteiger partial charge in [-0.05, 0) is 12.1 Å². The molecule has 1 aromatic rings. The first-order chi connectivity index (χ1) is 11.9. The van der Waals surface area contributed by atoms with Crippen molar-refractivity contribution in [2.24, 2.45) is 0 Å². The van der Waals surface area contributed by atoms with Gasteiger partial charge in [-0.2, -0.15) is 4.31 Å². The summed E-state index contributed by atoms with van der Waals surface area (Å²) in [5, 5.41) is 5.38. The van der Waals surface area contributed by atoms with Crippen LogP contribution in [0.5, 0.6) is 5.75 Å². The first-order valence-electron chi connectivity index (χ1n) is 7.84. The van der Waals surface area contributed by atoms with Gasteiger partial charge in [-0.3, -0.25) is 0 Å². The number of nitrogens with zero attached hydrogens (tertiary/aromatic N) is 1. The molecule has 1 aliphatic rings. The Hall–Kier alpha value is -2.10. The van der Waals surface area contributed by atoms with Gasteiger partial charge in [-0.1, -0.05) is 18.7 Å². The van der Waals surface area contributed by atoms with Gasteiger partial charge in [0.1, 0.15) is 12.4 Å². The fraction of sp³-hybridized carbons (Fsp3) is 0.438. The normalized spacial score (nSPS) is 18.4. The van der Waals surface area contributed by atoms with Gasteiger partial charge in [0.2, 0.25) is 10.0 Å². The van der Waals surface area contributed by atoms with E-state index in [1.165, 1.54) is 4.31 Å². The van der Waals surface area contributed by atoms with Crippen molar-refractivity contribution < 1.29 is 22.7 Å². The number of carbonyl (C=O) groups is 1. The third-order valence-corrected chi connectivity index (χ3v) is 4.79. The average Bonchev–Trinajstić information content (AvgIpc) is 2.58. The van der Waals surface area contributed by atoms with Gasteiger partial charge in [0.05, 0.1) is 19.0 Å². The highest BCUT2D eigenvalue weighted by molar-refractivity contribution is 7.88. The molecule has 1 aromatic carbocycles. The van der Waals surface area contributed by atoms with E-state index in [4.69, 9.17) is 9.47 Å². The highest BCUT2D eigenvalue weighted by Crippen LogP contribution is 2.17. The van der Waals surface area contributed by atoms with Crippen molar-refractivity contribution in [3.05, 3.63) is 36.9 Å². The van der Waals surface area contributed by atoms with Crippen LogP contribution in [-0.4, -0.2) is 64.0 Å². The number of hydrogen-bond donors (Lipinski definition) is 2. The molecule has 0 spiro atoms. The highest BCUT2D eigenvalue weighted by atomic mass is 32.2. The summed E-state index contributed by atoms with van der Waals surface area (Å²) >= 11 is 0. The molecule has 0 radical (unpaired) electrons. The predicted octanol–water partition coefficient (Wildman–Crippen LogP) is 1.03. The summed E-state index contributed by atoms with van der Waals surface area (Å²) in [4.78, 5) is 12.0. The third-order valence-electron chi connectivity index (χ3n) is 3.52. The molecule has 0 aliphatic carbocycles. The summed E-state index contributed by atoms with van der Waals surface area (Å²) in [6, 6.07) is 6.58. The van der Waals surface area contributed by atoms with E-state index in [0.29, 0.717) is 31.2 Å². The van der Waals surface area contributed by atoms with E-state index in [1.54, 1.807) is 30.3 Å². The molecule has 1 fully saturated rings. The van der Waals surface area contributed by atoms with Crippen molar-refractivity contribution in [2.75, 3.05) is 44.4 Å². The highest BCUT2D eigenvalue weighted by Gasteiger charge is 2.26. The first-order valence-corrected chi connectivity index (χ1v) is 9.68. The van der Waals surface area contributed by atoms with E-state index in [0.717, 1.165) is 6.26 Å². The largest absolute Gasteiger partial charge is 0.489 e. The number of hydrogen-bond acceptors (Lipinski definition) is 5. The maximum absolute atomic E-state index is 12.0. The molecule has 1 atom stereocenters. The summed E-state index contributed by atoms with van der Waals surface area (Å²) in [7, 11) is -3.25. The Kier molecular flexibility index (Phi) is 6.80. The second-order valence-corrected chi connectivity index (χ2v) is 7.56. The Morgan fingerprint density at radius 3 is 3.04 bits per heavy atom. The van der Waals surface area contributed by atoms with Gasteiger partial charge in [0, 0.05) is 31.4 Å². The standard InChI is InChI=1S/C16H23N3O5S/c1-3-8-23-14-6-4-5-13(10-14)18-16(20)17-11-15-12-19(7-9-24-15)25(2,21)22/h3-6,10,15H,1,7-9,11-12H2,2H3,(H2,17,18,20)/t15-/m0/s1. The number of carbonyl (C=O) groups excluding carboxylic acids is 1. The number of sulfonamides is 1. The maximum Gasteiger partial charge on any atom is 0.319 e. The van der Waals surface area contributed by atoms with Crippen molar-refractivity contribution in [2.45, 2.75) is 6.10 Å². The zero-order chi connectivity index (χ0) is 18.3. The minimum absolute atomic E-state index is 0.213. The predicted molar refractivity (Wildman–Crippen MR) is 95.3 cm³/mol. The number of ether oxygens (including phenoxy) is 2. The van der Waals surface area contributed by atoms with E-state index in [2.05, 4.69) is 17.2 Å².